The van der Waals surface area contributed by atoms with Gasteiger partial charge in [0, 0.05) is 16.9 Å². The summed E-state index contributed by atoms with van der Waals surface area (Å²) in [5.41, 5.74) is 2.31. The van der Waals surface area contributed by atoms with E-state index in [4.69, 9.17) is 4.74 Å². The van der Waals surface area contributed by atoms with Gasteiger partial charge in [-0.1, -0.05) is 54.6 Å². The number of nitrogens with one attached hydrogen (secondary N) is 1. The van der Waals surface area contributed by atoms with Gasteiger partial charge in [-0.15, -0.1) is 11.3 Å². The van der Waals surface area contributed by atoms with Crippen LogP contribution in [-0.2, 0) is 10.2 Å². The molecular weight excluding hydrogens is 508 g/mol. The molecule has 3 aromatic carbocycles. The van der Waals surface area contributed by atoms with Crippen molar-refractivity contribution in [2.24, 2.45) is 5.92 Å². The molecule has 4 heterocycles. The van der Waals surface area contributed by atoms with Gasteiger partial charge < -0.3 is 15.0 Å². The highest BCUT2D eigenvalue weighted by atomic mass is 32.1. The third-order valence-electron chi connectivity index (χ3n) is 8.23. The van der Waals surface area contributed by atoms with E-state index in [-0.39, 0.29) is 17.5 Å². The van der Waals surface area contributed by atoms with Gasteiger partial charge in [-0.3, -0.25) is 14.4 Å². The number of amides is 1. The molecule has 7 rings (SSSR count). The first-order valence-corrected chi connectivity index (χ1v) is 13.7. The molecule has 4 atom stereocenters. The van der Waals surface area contributed by atoms with Crippen LogP contribution in [0.15, 0.2) is 96.4 Å². The van der Waals surface area contributed by atoms with Gasteiger partial charge in [0.15, 0.2) is 11.6 Å². The Morgan fingerprint density at radius 2 is 1.69 bits per heavy atom. The molecule has 39 heavy (non-hydrogen) atoms. The summed E-state index contributed by atoms with van der Waals surface area (Å²) in [6.07, 6.45) is 3.99. The quantitative estimate of drug-likeness (QED) is 0.338. The van der Waals surface area contributed by atoms with Gasteiger partial charge >= 0.3 is 0 Å². The van der Waals surface area contributed by atoms with Crippen LogP contribution in [0.2, 0.25) is 0 Å². The third kappa shape index (κ3) is 3.23. The summed E-state index contributed by atoms with van der Waals surface area (Å²) in [5.74, 6) is -1.04. The number of rotatable bonds is 5. The number of anilines is 2. The molecule has 3 aliphatic heterocycles. The number of nitrogens with zero attached hydrogens (tertiary/aromatic N) is 1. The SMILES string of the molecule is COc1ccc(C(=O)[C@@H]2[C@H](C(=O)c3cccs3)N3c4ccccc4C=C[C@@H]3[C@]23C(=O)Nc2ccccc23)cc1. The summed E-state index contributed by atoms with van der Waals surface area (Å²) in [6.45, 7) is 0. The predicted octanol–water partition coefficient (Wildman–Crippen LogP) is 5.61. The van der Waals surface area contributed by atoms with Gasteiger partial charge in [0.1, 0.15) is 17.2 Å². The van der Waals surface area contributed by atoms with Gasteiger partial charge in [-0.05, 0) is 59.0 Å². The minimum absolute atomic E-state index is 0.166. The Kier molecular flexibility index (Phi) is 5.32. The average molecular weight is 533 g/mol. The average Bonchev–Trinajstić information content (AvgIpc) is 3.69. The molecule has 1 spiro atoms. The van der Waals surface area contributed by atoms with Crippen LogP contribution in [0, 0.1) is 5.92 Å². The Bertz CT molecular complexity index is 1660. The number of methoxy groups -OCH3 is 1. The van der Waals surface area contributed by atoms with Crippen LogP contribution in [0.3, 0.4) is 0 Å². The van der Waals surface area contributed by atoms with Crippen molar-refractivity contribution in [3.63, 3.8) is 0 Å². The molecule has 1 N–H and O–H groups in total. The number of carbonyl (C=O) groups excluding carboxylic acids is 3. The molecule has 1 aromatic heterocycles. The fraction of sp³-hybridized carbons (Fsp3) is 0.156. The smallest absolute Gasteiger partial charge is 0.238 e. The van der Waals surface area contributed by atoms with Crippen molar-refractivity contribution < 1.29 is 19.1 Å². The van der Waals surface area contributed by atoms with Crippen LogP contribution in [0.4, 0.5) is 11.4 Å². The number of benzene rings is 3. The van der Waals surface area contributed by atoms with Crippen LogP contribution in [0.1, 0.15) is 31.2 Å². The number of Topliss-reactive ketones (excluding diaryl/α,β-unsaturated/α-hetero) is 2. The number of ketones is 2. The summed E-state index contributed by atoms with van der Waals surface area (Å²) in [6, 6.07) is 24.4. The second-order valence-corrected chi connectivity index (χ2v) is 10.9. The van der Waals surface area contributed by atoms with E-state index in [1.165, 1.54) is 11.3 Å². The van der Waals surface area contributed by atoms with Gasteiger partial charge in [0.2, 0.25) is 5.91 Å². The summed E-state index contributed by atoms with van der Waals surface area (Å²) >= 11 is 1.35. The fourth-order valence-electron chi connectivity index (χ4n) is 6.62. The third-order valence-corrected chi connectivity index (χ3v) is 9.12. The van der Waals surface area contributed by atoms with Crippen LogP contribution in [-0.4, -0.2) is 36.7 Å². The Morgan fingerprint density at radius 1 is 0.923 bits per heavy atom. The van der Waals surface area contributed by atoms with Crippen molar-refractivity contribution in [1.82, 2.24) is 0 Å². The van der Waals surface area contributed by atoms with E-state index in [1.54, 1.807) is 37.4 Å². The lowest BCUT2D eigenvalue weighted by atomic mass is 9.64. The second kappa shape index (κ2) is 8.78. The molecule has 7 heteroatoms. The van der Waals surface area contributed by atoms with Crippen LogP contribution in [0.5, 0.6) is 5.75 Å². The van der Waals surface area contributed by atoms with E-state index < -0.39 is 23.4 Å². The Morgan fingerprint density at radius 3 is 2.46 bits per heavy atom. The topological polar surface area (TPSA) is 75.7 Å². The second-order valence-electron chi connectivity index (χ2n) is 10.00. The number of carbonyl (C=O) groups is 3. The standard InChI is InChI=1S/C32H24N2O4S/c1-38-21-15-12-20(13-16-21)29(35)27-28(30(36)25-11-6-18-39-25)34-24-10-5-2-7-19(24)14-17-26(34)32(27)22-8-3-4-9-23(22)33-31(32)37/h2-18,26-28H,1H3,(H,33,37)/t26-,27+,28-,32+/m1/s1. The van der Waals surface area contributed by atoms with Gasteiger partial charge in [-0.25, -0.2) is 0 Å². The zero-order chi connectivity index (χ0) is 26.7. The molecule has 6 nitrogen and oxygen atoms in total. The summed E-state index contributed by atoms with van der Waals surface area (Å²) in [4.78, 5) is 45.9. The van der Waals surface area contributed by atoms with E-state index in [0.29, 0.717) is 21.9 Å². The molecule has 0 bridgehead atoms. The molecular formula is C32H24N2O4S. The molecule has 0 aliphatic carbocycles. The molecule has 0 radical (unpaired) electrons. The van der Waals surface area contributed by atoms with Crippen molar-refractivity contribution in [2.45, 2.75) is 17.5 Å². The summed E-state index contributed by atoms with van der Waals surface area (Å²) in [5, 5.41) is 4.91. The van der Waals surface area contributed by atoms with E-state index >= 15 is 0 Å². The first-order chi connectivity index (χ1) is 19.1. The van der Waals surface area contributed by atoms with E-state index in [1.807, 2.05) is 77.0 Å². The van der Waals surface area contributed by atoms with Gasteiger partial charge in [0.05, 0.1) is 23.9 Å². The Labute approximate surface area is 229 Å². The highest BCUT2D eigenvalue weighted by Crippen LogP contribution is 2.58. The lowest BCUT2D eigenvalue weighted by Crippen LogP contribution is -2.51. The van der Waals surface area contributed by atoms with Crippen molar-refractivity contribution in [1.29, 1.82) is 0 Å². The van der Waals surface area contributed by atoms with Crippen molar-refractivity contribution in [2.75, 3.05) is 17.3 Å². The highest BCUT2D eigenvalue weighted by molar-refractivity contribution is 7.12. The van der Waals surface area contributed by atoms with Crippen molar-refractivity contribution in [3.05, 3.63) is 118 Å². The van der Waals surface area contributed by atoms with E-state index in [2.05, 4.69) is 5.32 Å². The molecule has 3 aliphatic rings. The minimum Gasteiger partial charge on any atom is -0.497 e. The molecule has 1 amide bonds. The number of hydrogen-bond donors (Lipinski definition) is 1. The maximum Gasteiger partial charge on any atom is 0.238 e. The molecule has 192 valence electrons. The number of ether oxygens (including phenoxy) is 1. The predicted molar refractivity (Wildman–Crippen MR) is 152 cm³/mol. The molecule has 1 saturated heterocycles. The lowest BCUT2D eigenvalue weighted by molar-refractivity contribution is -0.121. The Balaban J connectivity index is 1.52. The fourth-order valence-corrected chi connectivity index (χ4v) is 7.32. The van der Waals surface area contributed by atoms with E-state index in [9.17, 15) is 14.4 Å². The van der Waals surface area contributed by atoms with E-state index in [0.717, 1.165) is 16.8 Å². The van der Waals surface area contributed by atoms with Gasteiger partial charge in [-0.2, -0.15) is 0 Å². The molecule has 0 unspecified atom stereocenters. The first-order valence-electron chi connectivity index (χ1n) is 12.8. The summed E-state index contributed by atoms with van der Waals surface area (Å²) < 4.78 is 5.31. The number of para-hydroxylation sites is 2. The molecule has 0 saturated carbocycles. The first kappa shape index (κ1) is 23.6. The van der Waals surface area contributed by atoms with Gasteiger partial charge in [0.25, 0.3) is 0 Å². The number of fused-ring (bicyclic) bond motifs is 6. The van der Waals surface area contributed by atoms with Crippen LogP contribution < -0.4 is 15.0 Å². The lowest BCUT2D eigenvalue weighted by Gasteiger charge is -2.37. The maximum absolute atomic E-state index is 14.7. The number of hydrogen-bond acceptors (Lipinski definition) is 6. The maximum atomic E-state index is 14.7. The van der Waals surface area contributed by atoms with Crippen molar-refractivity contribution >= 4 is 46.3 Å². The largest absolute Gasteiger partial charge is 0.497 e. The zero-order valence-electron chi connectivity index (χ0n) is 21.0. The molecule has 4 aromatic rings. The zero-order valence-corrected chi connectivity index (χ0v) is 21.9. The van der Waals surface area contributed by atoms with Crippen molar-refractivity contribution in [3.8, 4) is 5.75 Å². The van der Waals surface area contributed by atoms with Crippen LogP contribution in [0.25, 0.3) is 6.08 Å². The highest BCUT2D eigenvalue weighted by Gasteiger charge is 2.70. The van der Waals surface area contributed by atoms with Crippen LogP contribution >= 0.6 is 11.3 Å². The molecule has 1 fully saturated rings. The Hall–Kier alpha value is -4.49. The number of thiophene rings is 1. The minimum atomic E-state index is -1.31. The normalized spacial score (nSPS) is 24.2. The summed E-state index contributed by atoms with van der Waals surface area (Å²) in [7, 11) is 1.57. The monoisotopic (exact) mass is 532 g/mol.